The van der Waals surface area contributed by atoms with E-state index in [9.17, 15) is 4.79 Å². The topological polar surface area (TPSA) is 84.2 Å². The van der Waals surface area contributed by atoms with Gasteiger partial charge in [0.05, 0.1) is 42.7 Å². The maximum absolute atomic E-state index is 13.0. The number of benzene rings is 1. The molecule has 1 aliphatic rings. The highest BCUT2D eigenvalue weighted by molar-refractivity contribution is 5.80. The highest BCUT2D eigenvalue weighted by atomic mass is 16.5. The lowest BCUT2D eigenvalue weighted by Crippen LogP contribution is -2.32. The van der Waals surface area contributed by atoms with Crippen LogP contribution in [-0.2, 0) is 11.2 Å². The Morgan fingerprint density at radius 2 is 2.19 bits per heavy atom. The third-order valence-electron chi connectivity index (χ3n) is 4.98. The van der Waals surface area contributed by atoms with Gasteiger partial charge >= 0.3 is 0 Å². The van der Waals surface area contributed by atoms with Gasteiger partial charge in [0, 0.05) is 12.6 Å². The molecule has 1 atom stereocenters. The zero-order valence-corrected chi connectivity index (χ0v) is 15.4. The summed E-state index contributed by atoms with van der Waals surface area (Å²) >= 11 is 0. The number of ether oxygens (including phenoxy) is 1. The highest BCUT2D eigenvalue weighted by Crippen LogP contribution is 2.37. The summed E-state index contributed by atoms with van der Waals surface area (Å²) in [5, 5.41) is 11.2. The predicted molar refractivity (Wildman–Crippen MR) is 99.2 cm³/mol. The minimum absolute atomic E-state index is 0.0290. The highest BCUT2D eigenvalue weighted by Gasteiger charge is 2.33. The second-order valence-corrected chi connectivity index (χ2v) is 6.80. The van der Waals surface area contributed by atoms with Gasteiger partial charge in [0.15, 0.2) is 5.76 Å². The van der Waals surface area contributed by atoms with Gasteiger partial charge in [-0.05, 0) is 37.5 Å². The van der Waals surface area contributed by atoms with Crippen molar-refractivity contribution in [3.8, 4) is 17.1 Å². The number of hydrogen-bond acceptors (Lipinski definition) is 5. The number of hydrogen-bond donors (Lipinski definition) is 1. The molecular formula is C20H22N4O3. The molecule has 0 aliphatic carbocycles. The molecule has 7 heteroatoms. The molecule has 0 radical (unpaired) electrons. The first kappa shape index (κ1) is 17.3. The minimum Gasteiger partial charge on any atom is -0.497 e. The van der Waals surface area contributed by atoms with E-state index in [2.05, 4.69) is 15.4 Å². The van der Waals surface area contributed by atoms with Crippen LogP contribution in [0.5, 0.6) is 5.75 Å². The number of nitrogens with one attached hydrogen (secondary N) is 1. The first-order chi connectivity index (χ1) is 13.2. The lowest BCUT2D eigenvalue weighted by molar-refractivity contribution is -0.131. The third kappa shape index (κ3) is 3.45. The number of carbonyl (C=O) groups excluding carboxylic acids is 1. The first-order valence-corrected chi connectivity index (χ1v) is 9.05. The zero-order chi connectivity index (χ0) is 18.8. The average molecular weight is 366 g/mol. The molecule has 4 rings (SSSR count). The van der Waals surface area contributed by atoms with Gasteiger partial charge in [-0.15, -0.1) is 0 Å². The number of aromatic amines is 1. The van der Waals surface area contributed by atoms with Crippen molar-refractivity contribution in [3.63, 3.8) is 0 Å². The monoisotopic (exact) mass is 366 g/mol. The molecule has 1 N–H and O–H groups in total. The van der Waals surface area contributed by atoms with E-state index < -0.39 is 0 Å². The largest absolute Gasteiger partial charge is 0.497 e. The number of nitrogens with zero attached hydrogens (tertiary/aromatic N) is 3. The average Bonchev–Trinajstić information content (AvgIpc) is 3.41. The minimum atomic E-state index is -0.0290. The van der Waals surface area contributed by atoms with Gasteiger partial charge in [0.25, 0.3) is 0 Å². The molecule has 1 aromatic carbocycles. The van der Waals surface area contributed by atoms with Crippen molar-refractivity contribution in [1.82, 2.24) is 20.3 Å². The summed E-state index contributed by atoms with van der Waals surface area (Å²) < 4.78 is 10.6. The standard InChI is InChI=1S/C20H22N4O3/c1-13-10-18(27-23-13)16-12-21-22-20(16)17-4-3-9-24(17)19(25)11-14-5-7-15(26-2)8-6-14/h5-8,10,12,17H,3-4,9,11H2,1-2H3,(H,21,22). The molecule has 1 saturated heterocycles. The van der Waals surface area contributed by atoms with Gasteiger partial charge in [-0.2, -0.15) is 5.10 Å². The summed E-state index contributed by atoms with van der Waals surface area (Å²) in [5.41, 5.74) is 3.56. The number of H-pyrrole nitrogens is 1. The summed E-state index contributed by atoms with van der Waals surface area (Å²) in [6, 6.07) is 9.47. The Morgan fingerprint density at radius 1 is 1.37 bits per heavy atom. The van der Waals surface area contributed by atoms with Crippen LogP contribution >= 0.6 is 0 Å². The van der Waals surface area contributed by atoms with Crippen LogP contribution in [0, 0.1) is 6.92 Å². The molecule has 3 aromatic rings. The van der Waals surface area contributed by atoms with Gasteiger partial charge in [0.1, 0.15) is 5.75 Å². The van der Waals surface area contributed by atoms with E-state index in [0.29, 0.717) is 12.2 Å². The third-order valence-corrected chi connectivity index (χ3v) is 4.98. The molecule has 1 fully saturated rings. The molecule has 1 aliphatic heterocycles. The second-order valence-electron chi connectivity index (χ2n) is 6.80. The van der Waals surface area contributed by atoms with Gasteiger partial charge in [0.2, 0.25) is 5.91 Å². The molecular weight excluding hydrogens is 344 g/mol. The molecule has 1 unspecified atom stereocenters. The fourth-order valence-electron chi connectivity index (χ4n) is 3.62. The maximum atomic E-state index is 13.0. The number of likely N-dealkylation sites (tertiary alicyclic amines) is 1. The number of methoxy groups -OCH3 is 1. The van der Waals surface area contributed by atoms with Crippen LogP contribution in [0.1, 0.15) is 35.8 Å². The van der Waals surface area contributed by atoms with E-state index in [4.69, 9.17) is 9.26 Å². The fraction of sp³-hybridized carbons (Fsp3) is 0.350. The number of aryl methyl sites for hydroxylation is 1. The lowest BCUT2D eigenvalue weighted by atomic mass is 10.0. The van der Waals surface area contributed by atoms with Crippen LogP contribution in [0.25, 0.3) is 11.3 Å². The molecule has 1 amide bonds. The van der Waals surface area contributed by atoms with Crippen LogP contribution < -0.4 is 4.74 Å². The number of amides is 1. The molecule has 0 spiro atoms. The quantitative estimate of drug-likeness (QED) is 0.749. The van der Waals surface area contributed by atoms with Crippen molar-refractivity contribution in [2.45, 2.75) is 32.2 Å². The van der Waals surface area contributed by atoms with E-state index >= 15 is 0 Å². The van der Waals surface area contributed by atoms with Gasteiger partial charge in [-0.25, -0.2) is 0 Å². The molecule has 0 saturated carbocycles. The smallest absolute Gasteiger partial charge is 0.227 e. The van der Waals surface area contributed by atoms with Crippen LogP contribution in [-0.4, -0.2) is 39.8 Å². The molecule has 7 nitrogen and oxygen atoms in total. The Morgan fingerprint density at radius 3 is 2.89 bits per heavy atom. The van der Waals surface area contributed by atoms with Gasteiger partial charge < -0.3 is 14.2 Å². The van der Waals surface area contributed by atoms with Crippen molar-refractivity contribution in [2.75, 3.05) is 13.7 Å². The SMILES string of the molecule is COc1ccc(CC(=O)N2CCCC2c2[nH]ncc2-c2cc(C)no2)cc1. The predicted octanol–water partition coefficient (Wildman–Crippen LogP) is 3.29. The van der Waals surface area contributed by atoms with E-state index in [1.54, 1.807) is 13.3 Å². The summed E-state index contributed by atoms with van der Waals surface area (Å²) in [4.78, 5) is 14.9. The van der Waals surface area contributed by atoms with E-state index in [1.165, 1.54) is 0 Å². The normalized spacial score (nSPS) is 16.7. The molecule has 27 heavy (non-hydrogen) atoms. The molecule has 2 aromatic heterocycles. The van der Waals surface area contributed by atoms with Crippen LogP contribution in [0.3, 0.4) is 0 Å². The Hall–Kier alpha value is -3.09. The van der Waals surface area contributed by atoms with Gasteiger partial charge in [-0.1, -0.05) is 17.3 Å². The Kier molecular flexibility index (Phi) is 4.66. The number of aromatic nitrogens is 3. The maximum Gasteiger partial charge on any atom is 0.227 e. The van der Waals surface area contributed by atoms with Crippen molar-refractivity contribution in [2.24, 2.45) is 0 Å². The summed E-state index contributed by atoms with van der Waals surface area (Å²) in [6.07, 6.45) is 3.97. The van der Waals surface area contributed by atoms with E-state index in [1.807, 2.05) is 42.2 Å². The summed E-state index contributed by atoms with van der Waals surface area (Å²) in [7, 11) is 1.63. The Labute approximate surface area is 157 Å². The Bertz CT molecular complexity index is 929. The van der Waals surface area contributed by atoms with Crippen molar-refractivity contribution >= 4 is 5.91 Å². The molecule has 140 valence electrons. The van der Waals surface area contributed by atoms with Crippen LogP contribution in [0.4, 0.5) is 0 Å². The van der Waals surface area contributed by atoms with E-state index in [-0.39, 0.29) is 11.9 Å². The lowest BCUT2D eigenvalue weighted by Gasteiger charge is -2.24. The number of rotatable bonds is 5. The zero-order valence-electron chi connectivity index (χ0n) is 15.4. The van der Waals surface area contributed by atoms with Gasteiger partial charge in [-0.3, -0.25) is 9.89 Å². The molecule has 0 bridgehead atoms. The first-order valence-electron chi connectivity index (χ1n) is 9.05. The Balaban J connectivity index is 1.54. The fourth-order valence-corrected chi connectivity index (χ4v) is 3.62. The summed E-state index contributed by atoms with van der Waals surface area (Å²) in [6.45, 7) is 2.63. The van der Waals surface area contributed by atoms with Crippen molar-refractivity contribution < 1.29 is 14.1 Å². The summed E-state index contributed by atoms with van der Waals surface area (Å²) in [5.74, 6) is 1.57. The van der Waals surface area contributed by atoms with E-state index in [0.717, 1.165) is 47.7 Å². The molecule has 3 heterocycles. The van der Waals surface area contributed by atoms with Crippen LogP contribution in [0.2, 0.25) is 0 Å². The van der Waals surface area contributed by atoms with Crippen LogP contribution in [0.15, 0.2) is 41.1 Å². The second kappa shape index (κ2) is 7.26. The number of carbonyl (C=O) groups is 1. The van der Waals surface area contributed by atoms with Crippen molar-refractivity contribution in [3.05, 3.63) is 53.5 Å². The van der Waals surface area contributed by atoms with Crippen molar-refractivity contribution in [1.29, 1.82) is 0 Å².